The molecule has 0 saturated carbocycles. The second kappa shape index (κ2) is 6.83. The first kappa shape index (κ1) is 17.2. The number of amides is 1. The van der Waals surface area contributed by atoms with Gasteiger partial charge in [0, 0.05) is 0 Å². The average molecular weight is 373 g/mol. The lowest BCUT2D eigenvalue weighted by atomic mass is 9.85. The molecule has 4 rings (SSSR count). The highest BCUT2D eigenvalue weighted by molar-refractivity contribution is 7.12. The number of esters is 1. The number of rotatable bonds is 5. The van der Waals surface area contributed by atoms with Crippen LogP contribution in [0.2, 0.25) is 0 Å². The summed E-state index contributed by atoms with van der Waals surface area (Å²) in [4.78, 5) is 27.0. The highest BCUT2D eigenvalue weighted by Crippen LogP contribution is 2.52. The highest BCUT2D eigenvalue weighted by Gasteiger charge is 2.55. The van der Waals surface area contributed by atoms with Crippen molar-refractivity contribution >= 4 is 23.2 Å². The molecule has 26 heavy (non-hydrogen) atoms. The van der Waals surface area contributed by atoms with Crippen LogP contribution in [0.1, 0.15) is 39.9 Å². The van der Waals surface area contributed by atoms with Gasteiger partial charge in [0.1, 0.15) is 24.9 Å². The van der Waals surface area contributed by atoms with Crippen molar-refractivity contribution in [3.05, 3.63) is 57.8 Å². The van der Waals surface area contributed by atoms with Crippen LogP contribution < -0.4 is 0 Å². The van der Waals surface area contributed by atoms with Crippen molar-refractivity contribution in [1.29, 1.82) is 0 Å². The van der Waals surface area contributed by atoms with Crippen LogP contribution in [0.4, 0.5) is 0 Å². The van der Waals surface area contributed by atoms with E-state index in [1.54, 1.807) is 24.4 Å². The van der Waals surface area contributed by atoms with Gasteiger partial charge < -0.3 is 19.5 Å². The Kier molecular flexibility index (Phi) is 4.52. The molecule has 2 aliphatic rings. The van der Waals surface area contributed by atoms with Gasteiger partial charge in [0.15, 0.2) is 0 Å². The summed E-state index contributed by atoms with van der Waals surface area (Å²) in [6.45, 7) is 1.73. The zero-order valence-electron chi connectivity index (χ0n) is 14.2. The molecule has 0 spiro atoms. The van der Waals surface area contributed by atoms with Gasteiger partial charge in [-0.1, -0.05) is 30.3 Å². The van der Waals surface area contributed by atoms with Crippen LogP contribution >= 0.6 is 11.3 Å². The quantitative estimate of drug-likeness (QED) is 0.814. The third-order valence-corrected chi connectivity index (χ3v) is 5.69. The number of carbonyl (C=O) groups excluding carboxylic acids is 2. The number of hydrogen-bond acceptors (Lipinski definition) is 6. The number of aliphatic hydroxyl groups excluding tert-OH is 1. The Labute approximate surface area is 155 Å². The fraction of sp³-hybridized carbons (Fsp3) is 0.368. The van der Waals surface area contributed by atoms with Gasteiger partial charge in [-0.3, -0.25) is 9.59 Å². The standard InChI is InChI=1S/C19H19NO5S/c1-2-24-14(21)10-20(19(23)13-8-5-9-26-13)15-16(22)18-12-7-4-3-6-11(12)17(15)25-18/h3-9,15-18,22H,2,10H2,1H3/t15-,16-,17-,18+/m0/s1. The van der Waals surface area contributed by atoms with Crippen LogP contribution in [0, 0.1) is 0 Å². The molecule has 2 aromatic rings. The van der Waals surface area contributed by atoms with Crippen molar-refractivity contribution < 1.29 is 24.2 Å². The third kappa shape index (κ3) is 2.72. The van der Waals surface area contributed by atoms with Gasteiger partial charge in [0.2, 0.25) is 0 Å². The van der Waals surface area contributed by atoms with E-state index in [1.165, 1.54) is 16.2 Å². The van der Waals surface area contributed by atoms with E-state index in [0.29, 0.717) is 4.88 Å². The maximum Gasteiger partial charge on any atom is 0.325 e. The van der Waals surface area contributed by atoms with E-state index in [9.17, 15) is 14.7 Å². The molecule has 1 aromatic heterocycles. The molecular weight excluding hydrogens is 354 g/mol. The number of thiophene rings is 1. The van der Waals surface area contributed by atoms with Crippen LogP contribution in [0.5, 0.6) is 0 Å². The minimum Gasteiger partial charge on any atom is -0.465 e. The maximum absolute atomic E-state index is 13.0. The van der Waals surface area contributed by atoms with Gasteiger partial charge in [-0.05, 0) is 29.5 Å². The molecule has 4 atom stereocenters. The topological polar surface area (TPSA) is 76.1 Å². The van der Waals surface area contributed by atoms with E-state index < -0.39 is 30.3 Å². The number of carbonyl (C=O) groups is 2. The van der Waals surface area contributed by atoms with Gasteiger partial charge in [0.05, 0.1) is 17.5 Å². The molecule has 1 aromatic carbocycles. The molecule has 136 valence electrons. The second-order valence-corrected chi connectivity index (χ2v) is 7.25. The molecule has 1 saturated heterocycles. The molecule has 7 heteroatoms. The normalized spacial score (nSPS) is 25.8. The smallest absolute Gasteiger partial charge is 0.325 e. The second-order valence-electron chi connectivity index (χ2n) is 6.30. The summed E-state index contributed by atoms with van der Waals surface area (Å²) in [6, 6.07) is 10.5. The third-order valence-electron chi connectivity index (χ3n) is 4.83. The number of hydrogen-bond donors (Lipinski definition) is 1. The van der Waals surface area contributed by atoms with Gasteiger partial charge in [-0.15, -0.1) is 11.3 Å². The van der Waals surface area contributed by atoms with Crippen molar-refractivity contribution in [2.24, 2.45) is 0 Å². The van der Waals surface area contributed by atoms with Crippen LogP contribution in [-0.4, -0.2) is 47.2 Å². The summed E-state index contributed by atoms with van der Waals surface area (Å²) in [5.41, 5.74) is 1.90. The summed E-state index contributed by atoms with van der Waals surface area (Å²) in [7, 11) is 0. The number of aliphatic hydroxyl groups is 1. The van der Waals surface area contributed by atoms with E-state index in [-0.39, 0.29) is 19.1 Å². The Morgan fingerprint density at radius 2 is 1.92 bits per heavy atom. The fourth-order valence-corrected chi connectivity index (χ4v) is 4.45. The predicted molar refractivity (Wildman–Crippen MR) is 94.8 cm³/mol. The summed E-state index contributed by atoms with van der Waals surface area (Å²) >= 11 is 1.30. The van der Waals surface area contributed by atoms with E-state index >= 15 is 0 Å². The van der Waals surface area contributed by atoms with Crippen LogP contribution in [0.15, 0.2) is 41.8 Å². The van der Waals surface area contributed by atoms with Gasteiger partial charge >= 0.3 is 5.97 Å². The van der Waals surface area contributed by atoms with Crippen molar-refractivity contribution in [2.75, 3.05) is 13.2 Å². The molecular formula is C19H19NO5S. The van der Waals surface area contributed by atoms with E-state index in [4.69, 9.17) is 9.47 Å². The number of benzene rings is 1. The van der Waals surface area contributed by atoms with E-state index in [2.05, 4.69) is 0 Å². The minimum atomic E-state index is -0.895. The lowest BCUT2D eigenvalue weighted by Crippen LogP contribution is -2.51. The van der Waals surface area contributed by atoms with Gasteiger partial charge in [-0.2, -0.15) is 0 Å². The number of fused-ring (bicyclic) bond motifs is 5. The molecule has 6 nitrogen and oxygen atoms in total. The van der Waals surface area contributed by atoms with Crippen molar-refractivity contribution in [2.45, 2.75) is 31.3 Å². The summed E-state index contributed by atoms with van der Waals surface area (Å²) in [5, 5.41) is 12.6. The first-order valence-electron chi connectivity index (χ1n) is 8.54. The summed E-state index contributed by atoms with van der Waals surface area (Å²) < 4.78 is 11.0. The minimum absolute atomic E-state index is 0.221. The Balaban J connectivity index is 1.68. The molecule has 1 amide bonds. The zero-order chi connectivity index (χ0) is 18.3. The summed E-state index contributed by atoms with van der Waals surface area (Å²) in [6.07, 6.45) is -1.83. The SMILES string of the molecule is CCOC(=O)CN(C(=O)c1cccs1)[C@H]1[C@H](O)[C@@H]2O[C@H]1c1ccccc12. The number of nitrogens with zero attached hydrogens (tertiary/aromatic N) is 1. The first-order valence-corrected chi connectivity index (χ1v) is 9.42. The molecule has 0 radical (unpaired) electrons. The molecule has 2 bridgehead atoms. The van der Waals surface area contributed by atoms with Gasteiger partial charge in [-0.25, -0.2) is 0 Å². The van der Waals surface area contributed by atoms with Crippen molar-refractivity contribution in [1.82, 2.24) is 4.90 Å². The molecule has 1 N–H and O–H groups in total. The number of ether oxygens (including phenoxy) is 2. The Hall–Kier alpha value is -2.22. The van der Waals surface area contributed by atoms with E-state index in [1.807, 2.05) is 24.3 Å². The molecule has 3 heterocycles. The largest absolute Gasteiger partial charge is 0.465 e. The Morgan fingerprint density at radius 1 is 1.19 bits per heavy atom. The van der Waals surface area contributed by atoms with Crippen molar-refractivity contribution in [3.8, 4) is 0 Å². The lowest BCUT2D eigenvalue weighted by Gasteiger charge is -2.35. The monoisotopic (exact) mass is 373 g/mol. The van der Waals surface area contributed by atoms with Crippen molar-refractivity contribution in [3.63, 3.8) is 0 Å². The predicted octanol–water partition coefficient (Wildman–Crippen LogP) is 2.31. The highest BCUT2D eigenvalue weighted by atomic mass is 32.1. The molecule has 0 aliphatic carbocycles. The Bertz CT molecular complexity index is 821. The summed E-state index contributed by atoms with van der Waals surface area (Å²) in [5.74, 6) is -0.800. The van der Waals surface area contributed by atoms with Crippen LogP contribution in [0.25, 0.3) is 0 Å². The van der Waals surface area contributed by atoms with Crippen LogP contribution in [0.3, 0.4) is 0 Å². The lowest BCUT2D eigenvalue weighted by molar-refractivity contribution is -0.144. The average Bonchev–Trinajstić information content (AvgIpc) is 3.35. The molecule has 0 unspecified atom stereocenters. The van der Waals surface area contributed by atoms with Gasteiger partial charge in [0.25, 0.3) is 5.91 Å². The first-order chi connectivity index (χ1) is 12.6. The maximum atomic E-state index is 13.0. The van der Waals surface area contributed by atoms with E-state index in [0.717, 1.165) is 11.1 Å². The molecule has 2 aliphatic heterocycles. The van der Waals surface area contributed by atoms with Crippen LogP contribution in [-0.2, 0) is 14.3 Å². The fourth-order valence-electron chi connectivity index (χ4n) is 3.77. The zero-order valence-corrected chi connectivity index (χ0v) is 15.0. The molecule has 1 fully saturated rings. The Morgan fingerprint density at radius 3 is 2.58 bits per heavy atom.